The number of fused-ring (bicyclic) bond motifs is 1. The smallest absolute Gasteiger partial charge is 0.417 e. The molecule has 0 aliphatic heterocycles. The van der Waals surface area contributed by atoms with Gasteiger partial charge in [-0.3, -0.25) is 4.84 Å². The molecule has 0 amide bonds. The van der Waals surface area contributed by atoms with Gasteiger partial charge in [0.05, 0.1) is 32.6 Å². The van der Waals surface area contributed by atoms with Crippen LogP contribution in [0.5, 0.6) is 11.8 Å². The number of rotatable bonds is 8. The highest BCUT2D eigenvalue weighted by molar-refractivity contribution is 7.92. The van der Waals surface area contributed by atoms with Crippen molar-refractivity contribution in [3.63, 3.8) is 0 Å². The third-order valence-electron chi connectivity index (χ3n) is 3.83. The van der Waals surface area contributed by atoms with E-state index in [9.17, 15) is 21.6 Å². The number of halogens is 4. The van der Waals surface area contributed by atoms with Crippen LogP contribution in [-0.4, -0.2) is 54.7 Å². The van der Waals surface area contributed by atoms with Crippen LogP contribution >= 0.6 is 11.6 Å². The third kappa shape index (κ3) is 4.31. The standard InChI is InChI=1S/C16H15ClF3N5O5S/c1-28-11-9-21-15(29-2)24-13(11)22-14(23-24)25(30-8-7-17)31(26,27)12-6-4-3-5-10(12)16(18,19)20/h3-6,9H,7-8H2,1-2H3. The zero-order chi connectivity index (χ0) is 22.8. The van der Waals surface area contributed by atoms with Crippen molar-refractivity contribution in [1.82, 2.24) is 19.6 Å². The summed E-state index contributed by atoms with van der Waals surface area (Å²) in [5.41, 5.74) is -1.39. The number of sulfonamides is 1. The van der Waals surface area contributed by atoms with E-state index in [1.165, 1.54) is 20.4 Å². The summed E-state index contributed by atoms with van der Waals surface area (Å²) in [6.45, 7) is -0.364. The predicted molar refractivity (Wildman–Crippen MR) is 102 cm³/mol. The van der Waals surface area contributed by atoms with Gasteiger partial charge in [0.15, 0.2) is 5.75 Å². The third-order valence-corrected chi connectivity index (χ3v) is 5.60. The topological polar surface area (TPSA) is 108 Å². The Hall–Kier alpha value is -2.84. The van der Waals surface area contributed by atoms with Crippen LogP contribution in [0.3, 0.4) is 0 Å². The second-order valence-corrected chi connectivity index (χ2v) is 7.81. The first-order valence-corrected chi connectivity index (χ1v) is 10.4. The second-order valence-electron chi connectivity index (χ2n) is 5.71. The van der Waals surface area contributed by atoms with Crippen LogP contribution in [0.1, 0.15) is 5.56 Å². The SMILES string of the molecule is COc1cnc(OC)n2nc(N(OCCCl)S(=O)(=O)c3ccccc3C(F)(F)F)nc12. The lowest BCUT2D eigenvalue weighted by molar-refractivity contribution is -0.139. The summed E-state index contributed by atoms with van der Waals surface area (Å²) < 4.78 is 78.0. The summed E-state index contributed by atoms with van der Waals surface area (Å²) in [4.78, 5) is 12.1. The van der Waals surface area contributed by atoms with Crippen LogP contribution in [0.4, 0.5) is 19.1 Å². The first-order chi connectivity index (χ1) is 14.6. The molecule has 10 nitrogen and oxygen atoms in total. The highest BCUT2D eigenvalue weighted by Crippen LogP contribution is 2.36. The van der Waals surface area contributed by atoms with Gasteiger partial charge in [-0.15, -0.1) is 21.2 Å². The highest BCUT2D eigenvalue weighted by atomic mass is 35.5. The molecule has 0 saturated carbocycles. The minimum absolute atomic E-state index is 0.0110. The maximum atomic E-state index is 13.4. The Morgan fingerprint density at radius 2 is 1.90 bits per heavy atom. The lowest BCUT2D eigenvalue weighted by Crippen LogP contribution is -2.34. The zero-order valence-corrected chi connectivity index (χ0v) is 17.6. The molecule has 2 heterocycles. The van der Waals surface area contributed by atoms with Crippen molar-refractivity contribution in [3.8, 4) is 11.8 Å². The van der Waals surface area contributed by atoms with Crippen molar-refractivity contribution in [1.29, 1.82) is 0 Å². The van der Waals surface area contributed by atoms with Gasteiger partial charge >= 0.3 is 12.2 Å². The number of anilines is 1. The molecular formula is C16H15ClF3N5O5S. The molecule has 3 aromatic rings. The van der Waals surface area contributed by atoms with Crippen molar-refractivity contribution in [2.45, 2.75) is 11.1 Å². The number of nitrogens with zero attached hydrogens (tertiary/aromatic N) is 5. The Labute approximate surface area is 179 Å². The van der Waals surface area contributed by atoms with Crippen molar-refractivity contribution in [3.05, 3.63) is 36.0 Å². The number of ether oxygens (including phenoxy) is 2. The molecule has 168 valence electrons. The van der Waals surface area contributed by atoms with E-state index in [2.05, 4.69) is 15.1 Å². The fourth-order valence-electron chi connectivity index (χ4n) is 2.55. The molecule has 0 aliphatic rings. The fourth-order valence-corrected chi connectivity index (χ4v) is 4.01. The van der Waals surface area contributed by atoms with Gasteiger partial charge in [-0.1, -0.05) is 12.1 Å². The minimum atomic E-state index is -4.94. The number of aromatic nitrogens is 4. The molecule has 0 fully saturated rings. The fraction of sp³-hybridized carbons (Fsp3) is 0.312. The van der Waals surface area contributed by atoms with E-state index in [1.54, 1.807) is 0 Å². The lowest BCUT2D eigenvalue weighted by atomic mass is 10.2. The molecule has 0 aliphatic carbocycles. The van der Waals surface area contributed by atoms with Crippen LogP contribution in [0.2, 0.25) is 0 Å². The van der Waals surface area contributed by atoms with Gasteiger partial charge in [0, 0.05) is 5.88 Å². The summed E-state index contributed by atoms with van der Waals surface area (Å²) in [6.07, 6.45) is -3.69. The molecule has 0 atom stereocenters. The molecule has 31 heavy (non-hydrogen) atoms. The summed E-state index contributed by atoms with van der Waals surface area (Å²) in [5, 5.41) is 3.96. The van der Waals surface area contributed by atoms with Gasteiger partial charge in [0.1, 0.15) is 4.90 Å². The molecule has 0 radical (unpaired) electrons. The molecular weight excluding hydrogens is 467 g/mol. The first-order valence-electron chi connectivity index (χ1n) is 8.39. The van der Waals surface area contributed by atoms with Gasteiger partial charge in [-0.2, -0.15) is 36.1 Å². The minimum Gasteiger partial charge on any atom is -0.491 e. The number of methoxy groups -OCH3 is 2. The average molecular weight is 482 g/mol. The molecule has 1 aromatic carbocycles. The summed E-state index contributed by atoms with van der Waals surface area (Å²) in [6, 6.07) is 3.57. The summed E-state index contributed by atoms with van der Waals surface area (Å²) >= 11 is 5.58. The maximum absolute atomic E-state index is 13.4. The van der Waals surface area contributed by atoms with Gasteiger partial charge < -0.3 is 9.47 Å². The van der Waals surface area contributed by atoms with E-state index in [1.807, 2.05) is 0 Å². The molecule has 0 unspecified atom stereocenters. The zero-order valence-electron chi connectivity index (χ0n) is 16.0. The summed E-state index contributed by atoms with van der Waals surface area (Å²) in [5.74, 6) is -0.661. The average Bonchev–Trinajstić information content (AvgIpc) is 3.17. The van der Waals surface area contributed by atoms with Crippen molar-refractivity contribution in [2.75, 3.05) is 31.2 Å². The van der Waals surface area contributed by atoms with Crippen LogP contribution in [-0.2, 0) is 21.0 Å². The van der Waals surface area contributed by atoms with Crippen LogP contribution in [0.15, 0.2) is 35.4 Å². The van der Waals surface area contributed by atoms with E-state index in [0.29, 0.717) is 6.07 Å². The van der Waals surface area contributed by atoms with Gasteiger partial charge in [-0.25, -0.2) is 0 Å². The first kappa shape index (κ1) is 22.8. The van der Waals surface area contributed by atoms with Crippen LogP contribution in [0.25, 0.3) is 5.65 Å². The highest BCUT2D eigenvalue weighted by Gasteiger charge is 2.40. The molecule has 0 spiro atoms. The maximum Gasteiger partial charge on any atom is 0.417 e. The Morgan fingerprint density at radius 3 is 2.52 bits per heavy atom. The van der Waals surface area contributed by atoms with E-state index < -0.39 is 32.6 Å². The molecule has 3 rings (SSSR count). The number of alkyl halides is 4. The Kier molecular flexibility index (Phi) is 6.43. The monoisotopic (exact) mass is 481 g/mol. The molecule has 15 heteroatoms. The van der Waals surface area contributed by atoms with E-state index in [-0.39, 0.29) is 34.4 Å². The van der Waals surface area contributed by atoms with Crippen molar-refractivity contribution < 1.29 is 35.9 Å². The molecule has 2 aromatic heterocycles. The Bertz CT molecular complexity index is 1150. The van der Waals surface area contributed by atoms with E-state index in [0.717, 1.165) is 22.7 Å². The predicted octanol–water partition coefficient (Wildman–Crippen LogP) is 2.53. The lowest BCUT2D eigenvalue weighted by Gasteiger charge is -2.21. The van der Waals surface area contributed by atoms with Gasteiger partial charge in [-0.05, 0) is 12.1 Å². The van der Waals surface area contributed by atoms with Gasteiger partial charge in [0.2, 0.25) is 5.65 Å². The summed E-state index contributed by atoms with van der Waals surface area (Å²) in [7, 11) is -2.33. The number of hydrogen-bond donors (Lipinski definition) is 0. The van der Waals surface area contributed by atoms with Gasteiger partial charge in [0.25, 0.3) is 16.0 Å². The number of hydrogen-bond acceptors (Lipinski definition) is 8. The number of benzene rings is 1. The van der Waals surface area contributed by atoms with Crippen LogP contribution in [0, 0.1) is 0 Å². The normalized spacial score (nSPS) is 12.2. The Balaban J connectivity index is 2.22. The second kappa shape index (κ2) is 8.72. The largest absolute Gasteiger partial charge is 0.491 e. The quantitative estimate of drug-likeness (QED) is 0.357. The van der Waals surface area contributed by atoms with Crippen molar-refractivity contribution >= 4 is 33.2 Å². The Morgan fingerprint density at radius 1 is 1.19 bits per heavy atom. The molecule has 0 N–H and O–H groups in total. The van der Waals surface area contributed by atoms with E-state index in [4.69, 9.17) is 25.9 Å². The van der Waals surface area contributed by atoms with E-state index >= 15 is 0 Å². The van der Waals surface area contributed by atoms with Crippen molar-refractivity contribution in [2.24, 2.45) is 0 Å². The molecule has 0 saturated heterocycles. The van der Waals surface area contributed by atoms with Crippen LogP contribution < -0.4 is 13.9 Å². The molecule has 0 bridgehead atoms.